The van der Waals surface area contributed by atoms with Crippen LogP contribution in [0.15, 0.2) is 36.4 Å². The maximum Gasteiger partial charge on any atom is 0.200 e. The SMILES string of the molecule is COc1cc([C@@H]2[NH2+][C@H](C(=O)[O-])Cc3c2[nH]c2ccccc32)cc(OC)c1O. The van der Waals surface area contributed by atoms with Crippen molar-refractivity contribution in [2.24, 2.45) is 0 Å². The van der Waals surface area contributed by atoms with E-state index in [0.29, 0.717) is 6.42 Å². The molecule has 27 heavy (non-hydrogen) atoms. The number of rotatable bonds is 4. The molecule has 0 saturated carbocycles. The third kappa shape index (κ3) is 2.76. The van der Waals surface area contributed by atoms with Crippen LogP contribution in [0.1, 0.15) is 22.9 Å². The van der Waals surface area contributed by atoms with Crippen LogP contribution in [0, 0.1) is 0 Å². The maximum atomic E-state index is 11.7. The molecule has 140 valence electrons. The number of benzene rings is 2. The molecule has 2 heterocycles. The largest absolute Gasteiger partial charge is 0.544 e. The topological polar surface area (TPSA) is 111 Å². The highest BCUT2D eigenvalue weighted by Crippen LogP contribution is 2.40. The molecule has 0 saturated heterocycles. The number of aromatic nitrogens is 1. The molecule has 7 heteroatoms. The second-order valence-electron chi connectivity index (χ2n) is 6.64. The lowest BCUT2D eigenvalue weighted by molar-refractivity contribution is -0.717. The molecule has 3 aromatic rings. The highest BCUT2D eigenvalue weighted by atomic mass is 16.5. The number of aliphatic carboxylic acids is 1. The predicted molar refractivity (Wildman–Crippen MR) is 95.8 cm³/mol. The summed E-state index contributed by atoms with van der Waals surface area (Å²) in [4.78, 5) is 15.1. The van der Waals surface area contributed by atoms with Crippen molar-refractivity contribution in [1.29, 1.82) is 0 Å². The molecule has 0 fully saturated rings. The summed E-state index contributed by atoms with van der Waals surface area (Å²) in [6, 6.07) is 10.2. The third-order valence-corrected chi connectivity index (χ3v) is 5.17. The van der Waals surface area contributed by atoms with E-state index in [2.05, 4.69) is 4.98 Å². The van der Waals surface area contributed by atoms with Crippen LogP contribution in [0.5, 0.6) is 17.2 Å². The van der Waals surface area contributed by atoms with E-state index in [1.807, 2.05) is 24.3 Å². The van der Waals surface area contributed by atoms with Gasteiger partial charge in [0.2, 0.25) is 5.75 Å². The number of carbonyl (C=O) groups is 1. The van der Waals surface area contributed by atoms with Crippen molar-refractivity contribution in [3.63, 3.8) is 0 Å². The van der Waals surface area contributed by atoms with E-state index in [1.54, 1.807) is 17.4 Å². The summed E-state index contributed by atoms with van der Waals surface area (Å²) in [5, 5.41) is 24.6. The first-order chi connectivity index (χ1) is 13.0. The van der Waals surface area contributed by atoms with Crippen LogP contribution in [-0.2, 0) is 11.2 Å². The number of carbonyl (C=O) groups excluding carboxylic acids is 1. The van der Waals surface area contributed by atoms with Gasteiger partial charge < -0.3 is 34.8 Å². The van der Waals surface area contributed by atoms with Crippen LogP contribution < -0.4 is 19.9 Å². The maximum absolute atomic E-state index is 11.7. The molecule has 4 N–H and O–H groups in total. The Bertz CT molecular complexity index is 1000. The second-order valence-corrected chi connectivity index (χ2v) is 6.64. The average molecular weight is 368 g/mol. The summed E-state index contributed by atoms with van der Waals surface area (Å²) in [7, 11) is 2.92. The number of para-hydroxylation sites is 1. The molecule has 0 radical (unpaired) electrons. The number of hydrogen-bond donors (Lipinski definition) is 3. The molecule has 1 aliphatic rings. The van der Waals surface area contributed by atoms with Gasteiger partial charge in [-0.25, -0.2) is 0 Å². The van der Waals surface area contributed by atoms with Crippen molar-refractivity contribution in [3.8, 4) is 17.2 Å². The molecule has 0 spiro atoms. The lowest BCUT2D eigenvalue weighted by Gasteiger charge is -2.29. The number of fused-ring (bicyclic) bond motifs is 3. The molecule has 2 atom stereocenters. The Kier molecular flexibility index (Phi) is 4.16. The number of carboxylic acids is 1. The van der Waals surface area contributed by atoms with Crippen molar-refractivity contribution in [3.05, 3.63) is 53.2 Å². The molecule has 4 rings (SSSR count). The van der Waals surface area contributed by atoms with Crippen LogP contribution in [0.25, 0.3) is 10.9 Å². The van der Waals surface area contributed by atoms with Gasteiger partial charge in [0.1, 0.15) is 6.04 Å². The first-order valence-corrected chi connectivity index (χ1v) is 8.63. The van der Waals surface area contributed by atoms with E-state index in [1.165, 1.54) is 14.2 Å². The van der Waals surface area contributed by atoms with Gasteiger partial charge in [0.05, 0.1) is 25.9 Å². The summed E-state index contributed by atoms with van der Waals surface area (Å²) >= 11 is 0. The number of phenols is 1. The quantitative estimate of drug-likeness (QED) is 0.610. The summed E-state index contributed by atoms with van der Waals surface area (Å²) in [5.41, 5.74) is 3.62. The van der Waals surface area contributed by atoms with Gasteiger partial charge >= 0.3 is 0 Å². The number of aromatic hydroxyl groups is 1. The number of aromatic amines is 1. The second kappa shape index (κ2) is 6.51. The first-order valence-electron chi connectivity index (χ1n) is 8.63. The van der Waals surface area contributed by atoms with Crippen LogP contribution >= 0.6 is 0 Å². The average Bonchev–Trinajstić information content (AvgIpc) is 3.06. The van der Waals surface area contributed by atoms with Crippen LogP contribution in [0.4, 0.5) is 0 Å². The van der Waals surface area contributed by atoms with E-state index in [-0.39, 0.29) is 23.3 Å². The minimum Gasteiger partial charge on any atom is -0.544 e. The van der Waals surface area contributed by atoms with Gasteiger partial charge in [0.25, 0.3) is 0 Å². The molecule has 0 aliphatic carbocycles. The standard InChI is InChI=1S/C20H20N2O5/c1-26-15-7-10(8-16(27-2)19(15)23)17-18-12(9-14(22-17)20(24)25)11-5-3-4-6-13(11)21-18/h3-8,14,17,21-23H,9H2,1-2H3,(H,24,25)/t14-,17-/m0/s1. The molecular formula is C20H20N2O5. The van der Waals surface area contributed by atoms with Gasteiger partial charge in [0, 0.05) is 22.9 Å². The van der Waals surface area contributed by atoms with Crippen LogP contribution in [0.3, 0.4) is 0 Å². The lowest BCUT2D eigenvalue weighted by Crippen LogP contribution is -2.95. The van der Waals surface area contributed by atoms with Gasteiger partial charge in [-0.1, -0.05) is 18.2 Å². The Morgan fingerprint density at radius 3 is 2.52 bits per heavy atom. The molecular weight excluding hydrogens is 348 g/mol. The van der Waals surface area contributed by atoms with E-state index in [0.717, 1.165) is 27.7 Å². The Hall–Kier alpha value is -3.19. The molecule has 1 aromatic heterocycles. The summed E-state index contributed by atoms with van der Waals surface area (Å²) in [5.74, 6) is -0.654. The Balaban J connectivity index is 1.91. The highest BCUT2D eigenvalue weighted by Gasteiger charge is 2.35. The monoisotopic (exact) mass is 368 g/mol. The fourth-order valence-electron chi connectivity index (χ4n) is 3.86. The smallest absolute Gasteiger partial charge is 0.200 e. The normalized spacial score (nSPS) is 18.9. The van der Waals surface area contributed by atoms with Crippen molar-refractivity contribution in [1.82, 2.24) is 4.98 Å². The number of quaternary nitrogens is 1. The van der Waals surface area contributed by atoms with Gasteiger partial charge in [0.15, 0.2) is 17.5 Å². The number of phenolic OH excluding ortho intramolecular Hbond substituents is 1. The molecule has 2 aromatic carbocycles. The van der Waals surface area contributed by atoms with Gasteiger partial charge in [-0.3, -0.25) is 0 Å². The number of nitrogens with two attached hydrogens (primary N) is 1. The Morgan fingerprint density at radius 2 is 1.89 bits per heavy atom. The number of methoxy groups -OCH3 is 2. The number of hydrogen-bond acceptors (Lipinski definition) is 5. The predicted octanol–water partition coefficient (Wildman–Crippen LogP) is 0.218. The zero-order valence-electron chi connectivity index (χ0n) is 15.0. The van der Waals surface area contributed by atoms with E-state index in [4.69, 9.17) is 9.47 Å². The molecule has 1 aliphatic heterocycles. The summed E-state index contributed by atoms with van der Waals surface area (Å²) in [6.45, 7) is 0. The van der Waals surface area contributed by atoms with E-state index < -0.39 is 12.0 Å². The molecule has 0 amide bonds. The van der Waals surface area contributed by atoms with Crippen LogP contribution in [0.2, 0.25) is 0 Å². The number of nitrogens with one attached hydrogen (secondary N) is 1. The van der Waals surface area contributed by atoms with Crippen molar-refractivity contribution in [2.45, 2.75) is 18.5 Å². The van der Waals surface area contributed by atoms with Crippen molar-refractivity contribution >= 4 is 16.9 Å². The minimum absolute atomic E-state index is 0.0899. The van der Waals surface area contributed by atoms with Crippen molar-refractivity contribution < 1.29 is 29.8 Å². The minimum atomic E-state index is -1.10. The molecule has 7 nitrogen and oxygen atoms in total. The lowest BCUT2D eigenvalue weighted by atomic mass is 9.90. The third-order valence-electron chi connectivity index (χ3n) is 5.17. The molecule has 0 bridgehead atoms. The van der Waals surface area contributed by atoms with Crippen molar-refractivity contribution in [2.75, 3.05) is 14.2 Å². The zero-order valence-corrected chi connectivity index (χ0v) is 15.0. The van der Waals surface area contributed by atoms with E-state index >= 15 is 0 Å². The molecule has 0 unspecified atom stereocenters. The fourth-order valence-corrected chi connectivity index (χ4v) is 3.86. The van der Waals surface area contributed by atoms with Gasteiger partial charge in [-0.2, -0.15) is 0 Å². The first kappa shape index (κ1) is 17.2. The number of ether oxygens (including phenoxy) is 2. The zero-order chi connectivity index (χ0) is 19.1. The summed E-state index contributed by atoms with van der Waals surface area (Å²) in [6.07, 6.45) is 0.379. The Labute approximate surface area is 155 Å². The Morgan fingerprint density at radius 1 is 1.22 bits per heavy atom. The number of H-pyrrole nitrogens is 1. The van der Waals surface area contributed by atoms with Gasteiger partial charge in [-0.15, -0.1) is 0 Å². The van der Waals surface area contributed by atoms with Crippen LogP contribution in [-0.4, -0.2) is 36.3 Å². The summed E-state index contributed by atoms with van der Waals surface area (Å²) < 4.78 is 10.5. The van der Waals surface area contributed by atoms with Gasteiger partial charge in [-0.05, 0) is 23.8 Å². The number of carboxylic acid groups (broad SMARTS) is 1. The fraction of sp³-hybridized carbons (Fsp3) is 0.250. The highest BCUT2D eigenvalue weighted by molar-refractivity contribution is 5.86. The van der Waals surface area contributed by atoms with E-state index in [9.17, 15) is 15.0 Å².